The number of rotatable bonds is 7. The highest BCUT2D eigenvalue weighted by Crippen LogP contribution is 2.14. The maximum Gasteiger partial charge on any atom is 0.254 e. The molecule has 0 bridgehead atoms. The van der Waals surface area contributed by atoms with Crippen LogP contribution >= 0.6 is 0 Å². The largest absolute Gasteiger partial charge is 0.494 e. The molecule has 1 heterocycles. The van der Waals surface area contributed by atoms with E-state index in [1.54, 1.807) is 24.1 Å². The lowest BCUT2D eigenvalue weighted by Crippen LogP contribution is -2.49. The Morgan fingerprint density at radius 2 is 1.84 bits per heavy atom. The van der Waals surface area contributed by atoms with Gasteiger partial charge in [-0.05, 0) is 42.3 Å². The molecular formula is C24H31N5O3. The summed E-state index contributed by atoms with van der Waals surface area (Å²) in [4.78, 5) is 32.1. The van der Waals surface area contributed by atoms with E-state index >= 15 is 0 Å². The Kier molecular flexibility index (Phi) is 8.08. The summed E-state index contributed by atoms with van der Waals surface area (Å²) in [5.41, 5.74) is 2.78. The van der Waals surface area contributed by atoms with Gasteiger partial charge in [-0.25, -0.2) is 0 Å². The minimum absolute atomic E-state index is 0.110. The third-order valence-corrected chi connectivity index (χ3v) is 5.20. The standard InChI is InChI=1S/C24H31N5O3/c1-4-32-21-11-7-19(8-12-21)16-28(3)24(25-2)27-15-18-5-9-20(10-6-18)23(31)29-14-13-26-22(30)17-29/h5-12H,4,13-17H2,1-3H3,(H,25,27)(H,26,30). The van der Waals surface area contributed by atoms with Gasteiger partial charge in [0.05, 0.1) is 13.2 Å². The van der Waals surface area contributed by atoms with Crippen LogP contribution in [0.5, 0.6) is 5.75 Å². The Morgan fingerprint density at radius 3 is 2.47 bits per heavy atom. The van der Waals surface area contributed by atoms with Gasteiger partial charge < -0.3 is 25.2 Å². The van der Waals surface area contributed by atoms with Crippen LogP contribution in [0.25, 0.3) is 0 Å². The van der Waals surface area contributed by atoms with Gasteiger partial charge in [-0.3, -0.25) is 14.6 Å². The zero-order valence-corrected chi connectivity index (χ0v) is 18.9. The molecule has 0 spiro atoms. The first kappa shape index (κ1) is 23.1. The number of hydrogen-bond acceptors (Lipinski definition) is 4. The fraction of sp³-hybridized carbons (Fsp3) is 0.375. The normalized spacial score (nSPS) is 14.0. The van der Waals surface area contributed by atoms with Gasteiger partial charge in [-0.1, -0.05) is 24.3 Å². The first-order valence-electron chi connectivity index (χ1n) is 10.8. The number of benzene rings is 2. The molecule has 8 nitrogen and oxygen atoms in total. The van der Waals surface area contributed by atoms with Gasteiger partial charge in [0.2, 0.25) is 5.91 Å². The highest BCUT2D eigenvalue weighted by Gasteiger charge is 2.22. The molecule has 32 heavy (non-hydrogen) atoms. The zero-order valence-electron chi connectivity index (χ0n) is 18.9. The molecule has 0 aliphatic carbocycles. The molecule has 2 amide bonds. The van der Waals surface area contributed by atoms with Crippen molar-refractivity contribution in [2.24, 2.45) is 4.99 Å². The SMILES string of the molecule is CCOc1ccc(CN(C)C(=NC)NCc2ccc(C(=O)N3CCNC(=O)C3)cc2)cc1. The average Bonchev–Trinajstić information content (AvgIpc) is 2.81. The van der Waals surface area contributed by atoms with Crippen molar-refractivity contribution in [2.45, 2.75) is 20.0 Å². The summed E-state index contributed by atoms with van der Waals surface area (Å²) in [6.45, 7) is 5.06. The monoisotopic (exact) mass is 437 g/mol. The Balaban J connectivity index is 1.52. The van der Waals surface area contributed by atoms with Gasteiger partial charge in [0, 0.05) is 45.8 Å². The number of nitrogens with one attached hydrogen (secondary N) is 2. The quantitative estimate of drug-likeness (QED) is 0.510. The number of nitrogens with zero attached hydrogens (tertiary/aromatic N) is 3. The Hall–Kier alpha value is -3.55. The topological polar surface area (TPSA) is 86.3 Å². The molecule has 3 rings (SSSR count). The maximum absolute atomic E-state index is 12.6. The van der Waals surface area contributed by atoms with Crippen molar-refractivity contribution in [3.8, 4) is 5.75 Å². The minimum Gasteiger partial charge on any atom is -0.494 e. The number of hydrogen-bond donors (Lipinski definition) is 2. The Bertz CT molecular complexity index is 941. The van der Waals surface area contributed by atoms with Gasteiger partial charge in [0.1, 0.15) is 5.75 Å². The van der Waals surface area contributed by atoms with Crippen LogP contribution in [0.15, 0.2) is 53.5 Å². The molecule has 0 unspecified atom stereocenters. The molecule has 0 aromatic heterocycles. The van der Waals surface area contributed by atoms with Crippen molar-refractivity contribution in [1.82, 2.24) is 20.4 Å². The number of carbonyl (C=O) groups excluding carboxylic acids is 2. The van der Waals surface area contributed by atoms with Crippen molar-refractivity contribution in [3.63, 3.8) is 0 Å². The second-order valence-electron chi connectivity index (χ2n) is 7.61. The zero-order chi connectivity index (χ0) is 22.9. The van der Waals surface area contributed by atoms with E-state index in [1.807, 2.05) is 38.2 Å². The van der Waals surface area contributed by atoms with E-state index in [4.69, 9.17) is 4.74 Å². The average molecular weight is 438 g/mol. The smallest absolute Gasteiger partial charge is 0.254 e. The van der Waals surface area contributed by atoms with Crippen LogP contribution in [0.2, 0.25) is 0 Å². The molecule has 0 radical (unpaired) electrons. The molecule has 2 aromatic rings. The number of ether oxygens (including phenoxy) is 1. The Labute approximate surface area is 189 Å². The first-order chi connectivity index (χ1) is 15.5. The number of carbonyl (C=O) groups is 2. The highest BCUT2D eigenvalue weighted by molar-refractivity contribution is 5.97. The second-order valence-corrected chi connectivity index (χ2v) is 7.61. The van der Waals surface area contributed by atoms with Crippen molar-refractivity contribution in [3.05, 3.63) is 65.2 Å². The molecule has 1 aliphatic heterocycles. The summed E-state index contributed by atoms with van der Waals surface area (Å²) < 4.78 is 5.49. The summed E-state index contributed by atoms with van der Waals surface area (Å²) in [5.74, 6) is 1.40. The van der Waals surface area contributed by atoms with E-state index < -0.39 is 0 Å². The van der Waals surface area contributed by atoms with Crippen LogP contribution in [0.4, 0.5) is 0 Å². The van der Waals surface area contributed by atoms with Gasteiger partial charge in [0.15, 0.2) is 5.96 Å². The van der Waals surface area contributed by atoms with Gasteiger partial charge >= 0.3 is 0 Å². The van der Waals surface area contributed by atoms with Crippen LogP contribution in [0.1, 0.15) is 28.4 Å². The van der Waals surface area contributed by atoms with Crippen LogP contribution in [0.3, 0.4) is 0 Å². The molecular weight excluding hydrogens is 406 g/mol. The van der Waals surface area contributed by atoms with Crippen molar-refractivity contribution in [1.29, 1.82) is 0 Å². The fourth-order valence-corrected chi connectivity index (χ4v) is 3.53. The molecule has 1 aliphatic rings. The van der Waals surface area contributed by atoms with Crippen LogP contribution in [-0.2, 0) is 17.9 Å². The third-order valence-electron chi connectivity index (χ3n) is 5.20. The maximum atomic E-state index is 12.6. The summed E-state index contributed by atoms with van der Waals surface area (Å²) in [5, 5.41) is 6.09. The molecule has 170 valence electrons. The minimum atomic E-state index is -0.120. The van der Waals surface area contributed by atoms with Gasteiger partial charge in [-0.2, -0.15) is 0 Å². The number of piperazine rings is 1. The summed E-state index contributed by atoms with van der Waals surface area (Å²) in [6.07, 6.45) is 0. The van der Waals surface area contributed by atoms with E-state index in [-0.39, 0.29) is 18.4 Å². The summed E-state index contributed by atoms with van der Waals surface area (Å²) >= 11 is 0. The van der Waals surface area contributed by atoms with E-state index in [9.17, 15) is 9.59 Å². The molecule has 1 fully saturated rings. The summed E-state index contributed by atoms with van der Waals surface area (Å²) in [6, 6.07) is 15.5. The van der Waals surface area contributed by atoms with Crippen molar-refractivity contribution >= 4 is 17.8 Å². The molecule has 2 aromatic carbocycles. The van der Waals surface area contributed by atoms with Crippen LogP contribution in [0, 0.1) is 0 Å². The van der Waals surface area contributed by atoms with Gasteiger partial charge in [-0.15, -0.1) is 0 Å². The van der Waals surface area contributed by atoms with E-state index in [0.717, 1.165) is 22.8 Å². The molecule has 0 saturated carbocycles. The predicted octanol–water partition coefficient (Wildman–Crippen LogP) is 1.86. The predicted molar refractivity (Wildman–Crippen MR) is 125 cm³/mol. The van der Waals surface area contributed by atoms with Crippen molar-refractivity contribution in [2.75, 3.05) is 40.3 Å². The first-order valence-corrected chi connectivity index (χ1v) is 10.8. The van der Waals surface area contributed by atoms with Crippen molar-refractivity contribution < 1.29 is 14.3 Å². The Morgan fingerprint density at radius 1 is 1.16 bits per heavy atom. The lowest BCUT2D eigenvalue weighted by Gasteiger charge is -2.26. The highest BCUT2D eigenvalue weighted by atomic mass is 16.5. The van der Waals surface area contributed by atoms with E-state index in [0.29, 0.717) is 38.3 Å². The molecule has 8 heteroatoms. The number of aliphatic imine (C=N–C) groups is 1. The summed E-state index contributed by atoms with van der Waals surface area (Å²) in [7, 11) is 3.75. The van der Waals surface area contributed by atoms with E-state index in [1.165, 1.54) is 0 Å². The molecule has 1 saturated heterocycles. The fourth-order valence-electron chi connectivity index (χ4n) is 3.53. The lowest BCUT2D eigenvalue weighted by atomic mass is 10.1. The van der Waals surface area contributed by atoms with Gasteiger partial charge in [0.25, 0.3) is 5.91 Å². The second kappa shape index (κ2) is 11.2. The molecule has 0 atom stereocenters. The third kappa shape index (κ3) is 6.23. The number of guanidine groups is 1. The van der Waals surface area contributed by atoms with Crippen LogP contribution < -0.4 is 15.4 Å². The number of amides is 2. The van der Waals surface area contributed by atoms with E-state index in [2.05, 4.69) is 32.7 Å². The van der Waals surface area contributed by atoms with Crippen LogP contribution in [-0.4, -0.2) is 67.9 Å². The lowest BCUT2D eigenvalue weighted by molar-refractivity contribution is -0.123. The molecule has 2 N–H and O–H groups in total.